The van der Waals surface area contributed by atoms with Crippen molar-refractivity contribution < 1.29 is 4.74 Å². The second kappa shape index (κ2) is 7.45. The van der Waals surface area contributed by atoms with Gasteiger partial charge in [-0.15, -0.1) is 0 Å². The zero-order valence-electron chi connectivity index (χ0n) is 13.0. The predicted molar refractivity (Wildman–Crippen MR) is 88.1 cm³/mol. The summed E-state index contributed by atoms with van der Waals surface area (Å²) in [6.07, 6.45) is 0. The van der Waals surface area contributed by atoms with E-state index < -0.39 is 0 Å². The standard InChI is InChI=1S/C16H26ClN3O/c1-16(2,18)13-20-9-7-19(8-10-20)11-12-21-15-6-4-3-5-14(15)17/h3-6H,7-13,18H2,1-2H3. The summed E-state index contributed by atoms with van der Waals surface area (Å²) in [5.74, 6) is 0.766. The fourth-order valence-electron chi connectivity index (χ4n) is 2.59. The van der Waals surface area contributed by atoms with Gasteiger partial charge in [0.15, 0.2) is 0 Å². The van der Waals surface area contributed by atoms with Crippen molar-refractivity contribution in [1.29, 1.82) is 0 Å². The van der Waals surface area contributed by atoms with Gasteiger partial charge in [0.1, 0.15) is 12.4 Å². The molecule has 1 aliphatic rings. The third-order valence-electron chi connectivity index (χ3n) is 3.60. The summed E-state index contributed by atoms with van der Waals surface area (Å²) in [6, 6.07) is 7.61. The Labute approximate surface area is 132 Å². The second-order valence-electron chi connectivity index (χ2n) is 6.39. The van der Waals surface area contributed by atoms with E-state index >= 15 is 0 Å². The van der Waals surface area contributed by atoms with Gasteiger partial charge in [0, 0.05) is 44.8 Å². The lowest BCUT2D eigenvalue weighted by molar-refractivity contribution is 0.104. The number of nitrogens with two attached hydrogens (primary N) is 1. The quantitative estimate of drug-likeness (QED) is 0.873. The average molecular weight is 312 g/mol. The second-order valence-corrected chi connectivity index (χ2v) is 6.79. The zero-order chi connectivity index (χ0) is 15.3. The molecule has 0 aliphatic carbocycles. The number of nitrogens with zero attached hydrogens (tertiary/aromatic N) is 2. The molecule has 5 heteroatoms. The first-order chi connectivity index (χ1) is 9.94. The van der Waals surface area contributed by atoms with Crippen LogP contribution < -0.4 is 10.5 Å². The normalized spacial score (nSPS) is 17.9. The van der Waals surface area contributed by atoms with Crippen molar-refractivity contribution >= 4 is 11.6 Å². The number of rotatable bonds is 6. The first-order valence-corrected chi connectivity index (χ1v) is 7.93. The molecule has 0 saturated carbocycles. The monoisotopic (exact) mass is 311 g/mol. The van der Waals surface area contributed by atoms with Crippen LogP contribution in [0.4, 0.5) is 0 Å². The van der Waals surface area contributed by atoms with E-state index in [4.69, 9.17) is 22.1 Å². The van der Waals surface area contributed by atoms with E-state index in [9.17, 15) is 0 Å². The Balaban J connectivity index is 1.66. The Bertz CT molecular complexity index is 439. The average Bonchev–Trinajstić information content (AvgIpc) is 2.41. The van der Waals surface area contributed by atoms with Crippen LogP contribution in [0, 0.1) is 0 Å². The number of ether oxygens (including phenoxy) is 1. The molecule has 21 heavy (non-hydrogen) atoms. The van der Waals surface area contributed by atoms with Crippen LogP contribution in [-0.2, 0) is 0 Å². The van der Waals surface area contributed by atoms with E-state index in [2.05, 4.69) is 23.6 Å². The first-order valence-electron chi connectivity index (χ1n) is 7.55. The van der Waals surface area contributed by atoms with E-state index in [0.29, 0.717) is 11.6 Å². The van der Waals surface area contributed by atoms with Gasteiger partial charge in [-0.2, -0.15) is 0 Å². The highest BCUT2D eigenvalue weighted by Crippen LogP contribution is 2.22. The van der Waals surface area contributed by atoms with Gasteiger partial charge in [0.2, 0.25) is 0 Å². The summed E-state index contributed by atoms with van der Waals surface area (Å²) in [5, 5.41) is 0.674. The lowest BCUT2D eigenvalue weighted by Gasteiger charge is -2.37. The van der Waals surface area contributed by atoms with Crippen molar-refractivity contribution in [2.45, 2.75) is 19.4 Å². The van der Waals surface area contributed by atoms with E-state index in [1.807, 2.05) is 24.3 Å². The van der Waals surface area contributed by atoms with Crippen molar-refractivity contribution in [1.82, 2.24) is 9.80 Å². The molecular weight excluding hydrogens is 286 g/mol. The Morgan fingerprint density at radius 2 is 1.76 bits per heavy atom. The summed E-state index contributed by atoms with van der Waals surface area (Å²) in [6.45, 7) is 11.0. The smallest absolute Gasteiger partial charge is 0.137 e. The van der Waals surface area contributed by atoms with Crippen molar-refractivity contribution in [2.24, 2.45) is 5.73 Å². The topological polar surface area (TPSA) is 41.7 Å². The molecule has 1 saturated heterocycles. The van der Waals surface area contributed by atoms with Gasteiger partial charge in [0.25, 0.3) is 0 Å². The number of para-hydroxylation sites is 1. The van der Waals surface area contributed by atoms with Gasteiger partial charge in [-0.3, -0.25) is 9.80 Å². The molecule has 0 spiro atoms. The number of hydrogen-bond acceptors (Lipinski definition) is 4. The largest absolute Gasteiger partial charge is 0.491 e. The molecule has 0 bridgehead atoms. The maximum atomic E-state index is 6.07. The van der Waals surface area contributed by atoms with Crippen LogP contribution in [0.2, 0.25) is 5.02 Å². The molecule has 118 valence electrons. The Morgan fingerprint density at radius 3 is 2.38 bits per heavy atom. The van der Waals surface area contributed by atoms with E-state index in [0.717, 1.165) is 45.0 Å². The molecule has 0 unspecified atom stereocenters. The summed E-state index contributed by atoms with van der Waals surface area (Å²) in [7, 11) is 0. The zero-order valence-corrected chi connectivity index (χ0v) is 13.8. The molecule has 1 fully saturated rings. The third kappa shape index (κ3) is 5.83. The Kier molecular flexibility index (Phi) is 5.88. The van der Waals surface area contributed by atoms with Crippen molar-refractivity contribution in [3.05, 3.63) is 29.3 Å². The minimum absolute atomic E-state index is 0.116. The number of benzene rings is 1. The van der Waals surface area contributed by atoms with Crippen LogP contribution in [0.1, 0.15) is 13.8 Å². The van der Waals surface area contributed by atoms with Crippen LogP contribution in [0.25, 0.3) is 0 Å². The fourth-order valence-corrected chi connectivity index (χ4v) is 2.78. The van der Waals surface area contributed by atoms with Crippen LogP contribution >= 0.6 is 11.6 Å². The molecule has 0 atom stereocenters. The molecule has 0 aromatic heterocycles. The highest BCUT2D eigenvalue weighted by molar-refractivity contribution is 6.32. The van der Waals surface area contributed by atoms with Gasteiger partial charge >= 0.3 is 0 Å². The van der Waals surface area contributed by atoms with E-state index in [1.165, 1.54) is 0 Å². The molecule has 4 nitrogen and oxygen atoms in total. The van der Waals surface area contributed by atoms with Crippen LogP contribution in [0.5, 0.6) is 5.75 Å². The predicted octanol–water partition coefficient (Wildman–Crippen LogP) is 2.07. The fraction of sp³-hybridized carbons (Fsp3) is 0.625. The number of piperazine rings is 1. The molecule has 0 amide bonds. The highest BCUT2D eigenvalue weighted by atomic mass is 35.5. The molecule has 1 heterocycles. The SMILES string of the molecule is CC(C)(N)CN1CCN(CCOc2ccccc2Cl)CC1. The van der Waals surface area contributed by atoms with Crippen molar-refractivity contribution in [3.8, 4) is 5.75 Å². The molecule has 0 radical (unpaired) electrons. The maximum absolute atomic E-state index is 6.07. The van der Waals surface area contributed by atoms with Crippen molar-refractivity contribution in [3.63, 3.8) is 0 Å². The van der Waals surface area contributed by atoms with Crippen LogP contribution in [-0.4, -0.2) is 61.2 Å². The van der Waals surface area contributed by atoms with Gasteiger partial charge in [0.05, 0.1) is 5.02 Å². The van der Waals surface area contributed by atoms with Gasteiger partial charge < -0.3 is 10.5 Å². The van der Waals surface area contributed by atoms with Crippen LogP contribution in [0.15, 0.2) is 24.3 Å². The molecule has 1 aromatic carbocycles. The maximum Gasteiger partial charge on any atom is 0.137 e. The Morgan fingerprint density at radius 1 is 1.14 bits per heavy atom. The minimum atomic E-state index is -0.116. The summed E-state index contributed by atoms with van der Waals surface area (Å²) in [5.41, 5.74) is 5.96. The van der Waals surface area contributed by atoms with E-state index in [-0.39, 0.29) is 5.54 Å². The van der Waals surface area contributed by atoms with Gasteiger partial charge in [-0.05, 0) is 26.0 Å². The molecule has 2 N–H and O–H groups in total. The summed E-state index contributed by atoms with van der Waals surface area (Å²) >= 11 is 6.07. The Hall–Kier alpha value is -0.810. The van der Waals surface area contributed by atoms with Gasteiger partial charge in [-0.1, -0.05) is 23.7 Å². The summed E-state index contributed by atoms with van der Waals surface area (Å²) < 4.78 is 5.74. The highest BCUT2D eigenvalue weighted by Gasteiger charge is 2.21. The lowest BCUT2D eigenvalue weighted by atomic mass is 10.1. The summed E-state index contributed by atoms with van der Waals surface area (Å²) in [4.78, 5) is 4.86. The molecule has 1 aliphatic heterocycles. The first kappa shape index (κ1) is 16.6. The molecule has 2 rings (SSSR count). The van der Waals surface area contributed by atoms with E-state index in [1.54, 1.807) is 0 Å². The third-order valence-corrected chi connectivity index (χ3v) is 3.91. The van der Waals surface area contributed by atoms with Gasteiger partial charge in [-0.25, -0.2) is 0 Å². The number of halogens is 1. The molecule has 1 aromatic rings. The van der Waals surface area contributed by atoms with Crippen LogP contribution in [0.3, 0.4) is 0 Å². The number of hydrogen-bond donors (Lipinski definition) is 1. The molecular formula is C16H26ClN3O. The lowest BCUT2D eigenvalue weighted by Crippen LogP contribution is -2.53. The van der Waals surface area contributed by atoms with Crippen molar-refractivity contribution in [2.75, 3.05) is 45.9 Å². The minimum Gasteiger partial charge on any atom is -0.491 e.